The van der Waals surface area contributed by atoms with Crippen LogP contribution in [0.3, 0.4) is 0 Å². The zero-order valence-corrected chi connectivity index (χ0v) is 8.71. The van der Waals surface area contributed by atoms with Gasteiger partial charge in [-0.15, -0.1) is 0 Å². The molecule has 0 radical (unpaired) electrons. The van der Waals surface area contributed by atoms with E-state index >= 15 is 0 Å². The molecule has 80 valence electrons. The van der Waals surface area contributed by atoms with Crippen molar-refractivity contribution >= 4 is 5.91 Å². The van der Waals surface area contributed by atoms with E-state index in [0.717, 1.165) is 25.9 Å². The van der Waals surface area contributed by atoms with Crippen molar-refractivity contribution < 1.29 is 14.3 Å². The molecule has 4 heteroatoms. The molecular formula is C10H17NO3. The average molecular weight is 199 g/mol. The summed E-state index contributed by atoms with van der Waals surface area (Å²) >= 11 is 0. The van der Waals surface area contributed by atoms with E-state index in [2.05, 4.69) is 0 Å². The van der Waals surface area contributed by atoms with Crippen LogP contribution in [0.2, 0.25) is 0 Å². The number of carbonyl (C=O) groups is 1. The SMILES string of the molecule is CO/C(=C(/C)C(N)=O)C1CCCCO1. The third-order valence-electron chi connectivity index (χ3n) is 2.43. The summed E-state index contributed by atoms with van der Waals surface area (Å²) in [7, 11) is 1.54. The minimum Gasteiger partial charge on any atom is -0.498 e. The van der Waals surface area contributed by atoms with Gasteiger partial charge in [-0.25, -0.2) is 0 Å². The first-order valence-electron chi connectivity index (χ1n) is 4.83. The zero-order valence-electron chi connectivity index (χ0n) is 8.71. The average Bonchev–Trinajstić information content (AvgIpc) is 2.20. The van der Waals surface area contributed by atoms with E-state index < -0.39 is 5.91 Å². The van der Waals surface area contributed by atoms with Crippen LogP contribution in [-0.4, -0.2) is 25.7 Å². The van der Waals surface area contributed by atoms with Gasteiger partial charge in [-0.1, -0.05) is 0 Å². The standard InChI is InChI=1S/C10H17NO3/c1-7(10(11)12)9(13-2)8-5-3-4-6-14-8/h8H,3-6H2,1-2H3,(H2,11,12)/b9-7-. The van der Waals surface area contributed by atoms with Crippen LogP contribution in [0.15, 0.2) is 11.3 Å². The Morgan fingerprint density at radius 2 is 2.21 bits per heavy atom. The molecule has 1 amide bonds. The second-order valence-electron chi connectivity index (χ2n) is 3.41. The minimum absolute atomic E-state index is 0.0961. The van der Waals surface area contributed by atoms with Gasteiger partial charge in [-0.05, 0) is 26.2 Å². The molecule has 0 aliphatic carbocycles. The Kier molecular flexibility index (Phi) is 3.95. The van der Waals surface area contributed by atoms with E-state index in [4.69, 9.17) is 15.2 Å². The third-order valence-corrected chi connectivity index (χ3v) is 2.43. The van der Waals surface area contributed by atoms with Gasteiger partial charge >= 0.3 is 0 Å². The summed E-state index contributed by atoms with van der Waals surface area (Å²) in [6.07, 6.45) is 2.97. The van der Waals surface area contributed by atoms with Crippen molar-refractivity contribution in [2.24, 2.45) is 5.73 Å². The minimum atomic E-state index is -0.448. The number of hydrogen-bond acceptors (Lipinski definition) is 3. The first-order valence-corrected chi connectivity index (χ1v) is 4.83. The number of ether oxygens (including phenoxy) is 2. The summed E-state index contributed by atoms with van der Waals surface area (Å²) in [6.45, 7) is 2.39. The molecule has 1 saturated heterocycles. The van der Waals surface area contributed by atoms with Crippen LogP contribution >= 0.6 is 0 Å². The van der Waals surface area contributed by atoms with Crippen LogP contribution in [-0.2, 0) is 14.3 Å². The Balaban J connectivity index is 2.78. The highest BCUT2D eigenvalue weighted by atomic mass is 16.5. The van der Waals surface area contributed by atoms with Gasteiger partial charge in [0.25, 0.3) is 0 Å². The Morgan fingerprint density at radius 1 is 1.50 bits per heavy atom. The van der Waals surface area contributed by atoms with E-state index in [1.54, 1.807) is 14.0 Å². The van der Waals surface area contributed by atoms with Crippen LogP contribution in [0.25, 0.3) is 0 Å². The monoisotopic (exact) mass is 199 g/mol. The van der Waals surface area contributed by atoms with Crippen molar-refractivity contribution in [3.8, 4) is 0 Å². The highest BCUT2D eigenvalue weighted by molar-refractivity contribution is 5.91. The van der Waals surface area contributed by atoms with Gasteiger partial charge in [0.2, 0.25) is 5.91 Å². The van der Waals surface area contributed by atoms with Gasteiger partial charge in [0, 0.05) is 6.61 Å². The van der Waals surface area contributed by atoms with E-state index in [1.807, 2.05) is 0 Å². The van der Waals surface area contributed by atoms with Crippen LogP contribution in [0.1, 0.15) is 26.2 Å². The number of rotatable bonds is 3. The van der Waals surface area contributed by atoms with E-state index in [-0.39, 0.29) is 6.10 Å². The maximum absolute atomic E-state index is 11.0. The zero-order chi connectivity index (χ0) is 10.6. The number of methoxy groups -OCH3 is 1. The molecule has 0 aromatic carbocycles. The molecule has 4 nitrogen and oxygen atoms in total. The summed E-state index contributed by atoms with van der Waals surface area (Å²) in [6, 6.07) is 0. The van der Waals surface area contributed by atoms with Crippen molar-refractivity contribution in [1.29, 1.82) is 0 Å². The lowest BCUT2D eigenvalue weighted by atomic mass is 10.0. The highest BCUT2D eigenvalue weighted by Gasteiger charge is 2.22. The molecule has 0 aromatic rings. The molecule has 0 spiro atoms. The van der Waals surface area contributed by atoms with Crippen LogP contribution in [0.4, 0.5) is 0 Å². The Labute approximate surface area is 84.1 Å². The van der Waals surface area contributed by atoms with Gasteiger partial charge in [-0.2, -0.15) is 0 Å². The van der Waals surface area contributed by atoms with Gasteiger partial charge in [0.1, 0.15) is 11.9 Å². The van der Waals surface area contributed by atoms with Crippen molar-refractivity contribution in [2.45, 2.75) is 32.3 Å². The van der Waals surface area contributed by atoms with Crippen LogP contribution < -0.4 is 5.73 Å². The molecule has 2 N–H and O–H groups in total. The third kappa shape index (κ3) is 2.48. The highest BCUT2D eigenvalue weighted by Crippen LogP contribution is 2.22. The summed E-state index contributed by atoms with van der Waals surface area (Å²) in [5, 5.41) is 0. The summed E-state index contributed by atoms with van der Waals surface area (Å²) < 4.78 is 10.7. The van der Waals surface area contributed by atoms with Gasteiger partial charge in [-0.3, -0.25) is 4.79 Å². The molecule has 0 bridgehead atoms. The lowest BCUT2D eigenvalue weighted by Gasteiger charge is -2.25. The predicted octanol–water partition coefficient (Wildman–Crippen LogP) is 0.961. The number of nitrogens with two attached hydrogens (primary N) is 1. The van der Waals surface area contributed by atoms with Crippen molar-refractivity contribution in [3.63, 3.8) is 0 Å². The van der Waals surface area contributed by atoms with Crippen LogP contribution in [0.5, 0.6) is 0 Å². The second-order valence-corrected chi connectivity index (χ2v) is 3.41. The Hall–Kier alpha value is -1.03. The Bertz CT molecular complexity index is 242. The molecule has 1 aliphatic heterocycles. The van der Waals surface area contributed by atoms with E-state index in [1.165, 1.54) is 0 Å². The lowest BCUT2D eigenvalue weighted by Crippen LogP contribution is -2.26. The quantitative estimate of drug-likeness (QED) is 0.544. The molecule has 14 heavy (non-hydrogen) atoms. The van der Waals surface area contributed by atoms with Gasteiger partial charge in [0.15, 0.2) is 0 Å². The maximum Gasteiger partial charge on any atom is 0.247 e. The summed E-state index contributed by atoms with van der Waals surface area (Å²) in [5.74, 6) is 0.133. The van der Waals surface area contributed by atoms with Crippen molar-refractivity contribution in [3.05, 3.63) is 11.3 Å². The summed E-state index contributed by atoms with van der Waals surface area (Å²) in [5.41, 5.74) is 5.64. The van der Waals surface area contributed by atoms with E-state index in [9.17, 15) is 4.79 Å². The Morgan fingerprint density at radius 3 is 2.64 bits per heavy atom. The van der Waals surface area contributed by atoms with Crippen molar-refractivity contribution in [2.75, 3.05) is 13.7 Å². The first-order chi connectivity index (χ1) is 6.66. The van der Waals surface area contributed by atoms with Crippen molar-refractivity contribution in [1.82, 2.24) is 0 Å². The number of hydrogen-bond donors (Lipinski definition) is 1. The van der Waals surface area contributed by atoms with Crippen LogP contribution in [0, 0.1) is 0 Å². The molecule has 0 aromatic heterocycles. The topological polar surface area (TPSA) is 61.5 Å². The number of primary amides is 1. The summed E-state index contributed by atoms with van der Waals surface area (Å²) in [4.78, 5) is 11.0. The number of carbonyl (C=O) groups excluding carboxylic acids is 1. The smallest absolute Gasteiger partial charge is 0.247 e. The number of amides is 1. The molecular weight excluding hydrogens is 182 g/mol. The molecule has 1 atom stereocenters. The molecule has 1 fully saturated rings. The molecule has 1 aliphatic rings. The predicted molar refractivity (Wildman–Crippen MR) is 52.5 cm³/mol. The largest absolute Gasteiger partial charge is 0.498 e. The fourth-order valence-corrected chi connectivity index (χ4v) is 1.59. The normalized spacial score (nSPS) is 24.0. The van der Waals surface area contributed by atoms with Gasteiger partial charge < -0.3 is 15.2 Å². The first kappa shape index (κ1) is 11.0. The molecule has 1 unspecified atom stereocenters. The maximum atomic E-state index is 11.0. The van der Waals surface area contributed by atoms with E-state index in [0.29, 0.717) is 11.3 Å². The molecule has 1 heterocycles. The fraction of sp³-hybridized carbons (Fsp3) is 0.700. The van der Waals surface area contributed by atoms with Gasteiger partial charge in [0.05, 0.1) is 12.7 Å². The fourth-order valence-electron chi connectivity index (χ4n) is 1.59. The lowest BCUT2D eigenvalue weighted by molar-refractivity contribution is -0.115. The second kappa shape index (κ2) is 5.00. The molecule has 0 saturated carbocycles. The molecule has 1 rings (SSSR count).